The van der Waals surface area contributed by atoms with Crippen molar-refractivity contribution in [2.24, 2.45) is 0 Å². The quantitative estimate of drug-likeness (QED) is 0.701. The zero-order valence-corrected chi connectivity index (χ0v) is 9.19. The number of pyridine rings is 1. The number of imidazole rings is 1. The molecule has 0 spiro atoms. The second-order valence-corrected chi connectivity index (χ2v) is 4.01. The molecule has 0 aliphatic rings. The van der Waals surface area contributed by atoms with Gasteiger partial charge in [0.2, 0.25) is 0 Å². The monoisotopic (exact) mass is 202 g/mol. The van der Waals surface area contributed by atoms with Crippen molar-refractivity contribution in [2.45, 2.75) is 26.7 Å². The van der Waals surface area contributed by atoms with Crippen LogP contribution in [0.25, 0.3) is 5.52 Å². The predicted molar refractivity (Wildman–Crippen MR) is 59.4 cm³/mol. The molecule has 15 heavy (non-hydrogen) atoms. The first kappa shape index (κ1) is 9.90. The molecule has 2 rings (SSSR count). The van der Waals surface area contributed by atoms with E-state index in [1.54, 1.807) is 0 Å². The summed E-state index contributed by atoms with van der Waals surface area (Å²) in [5, 5.41) is 0. The lowest BCUT2D eigenvalue weighted by Crippen LogP contribution is -1.97. The maximum atomic E-state index is 10.9. The van der Waals surface area contributed by atoms with Crippen LogP contribution in [0.5, 0.6) is 0 Å². The van der Waals surface area contributed by atoms with Crippen molar-refractivity contribution in [1.82, 2.24) is 9.38 Å². The van der Waals surface area contributed by atoms with Crippen LogP contribution in [0.15, 0.2) is 18.3 Å². The molecule has 0 N–H and O–H groups in total. The molecule has 0 fully saturated rings. The fraction of sp³-hybridized carbons (Fsp3) is 0.333. The van der Waals surface area contributed by atoms with Crippen molar-refractivity contribution >= 4 is 11.8 Å². The van der Waals surface area contributed by atoms with Gasteiger partial charge < -0.3 is 4.40 Å². The molecule has 0 radical (unpaired) electrons. The Balaban J connectivity index is 2.85. The Kier molecular flexibility index (Phi) is 2.31. The van der Waals surface area contributed by atoms with Crippen molar-refractivity contribution in [2.75, 3.05) is 0 Å². The maximum absolute atomic E-state index is 10.9. The predicted octanol–water partition coefficient (Wildman–Crippen LogP) is 2.58. The van der Waals surface area contributed by atoms with E-state index in [0.717, 1.165) is 23.3 Å². The average molecular weight is 202 g/mol. The summed E-state index contributed by atoms with van der Waals surface area (Å²) in [5.41, 5.74) is 2.55. The standard InChI is InChI=1S/C12H14N2O/c1-8(2)12-13-9(3)11-10(7-15)5-4-6-14(11)12/h4-8H,1-3H3. The highest BCUT2D eigenvalue weighted by atomic mass is 16.1. The molecule has 0 bridgehead atoms. The van der Waals surface area contributed by atoms with Crippen LogP contribution >= 0.6 is 0 Å². The first-order chi connectivity index (χ1) is 7.15. The number of rotatable bonds is 2. The zero-order valence-electron chi connectivity index (χ0n) is 9.19. The van der Waals surface area contributed by atoms with Crippen LogP contribution in [0.1, 0.15) is 41.6 Å². The molecule has 0 amide bonds. The van der Waals surface area contributed by atoms with Crippen molar-refractivity contribution in [3.05, 3.63) is 35.4 Å². The fourth-order valence-corrected chi connectivity index (χ4v) is 1.88. The first-order valence-electron chi connectivity index (χ1n) is 5.08. The number of carbonyl (C=O) groups is 1. The molecule has 0 unspecified atom stereocenters. The van der Waals surface area contributed by atoms with Crippen molar-refractivity contribution in [3.63, 3.8) is 0 Å². The molecular formula is C12H14N2O. The molecule has 0 saturated heterocycles. The first-order valence-corrected chi connectivity index (χ1v) is 5.08. The van der Waals surface area contributed by atoms with Gasteiger partial charge in [0.05, 0.1) is 11.2 Å². The Morgan fingerprint density at radius 3 is 2.80 bits per heavy atom. The molecule has 3 heteroatoms. The summed E-state index contributed by atoms with van der Waals surface area (Å²) in [7, 11) is 0. The van der Waals surface area contributed by atoms with E-state index >= 15 is 0 Å². The molecule has 2 aromatic rings. The Morgan fingerprint density at radius 2 is 2.20 bits per heavy atom. The van der Waals surface area contributed by atoms with Gasteiger partial charge in [-0.25, -0.2) is 4.98 Å². The van der Waals surface area contributed by atoms with Gasteiger partial charge in [0.15, 0.2) is 6.29 Å². The summed E-state index contributed by atoms with van der Waals surface area (Å²) in [6.45, 7) is 6.14. The van der Waals surface area contributed by atoms with Crippen LogP contribution in [0.4, 0.5) is 0 Å². The number of aromatic nitrogens is 2. The number of hydrogen-bond donors (Lipinski definition) is 0. The van der Waals surface area contributed by atoms with E-state index < -0.39 is 0 Å². The second kappa shape index (κ2) is 3.50. The summed E-state index contributed by atoms with van der Waals surface area (Å²) in [4.78, 5) is 15.4. The number of nitrogens with zero attached hydrogens (tertiary/aromatic N) is 2. The minimum Gasteiger partial charge on any atom is -0.303 e. The molecule has 0 aliphatic heterocycles. The topological polar surface area (TPSA) is 34.4 Å². The molecule has 0 saturated carbocycles. The summed E-state index contributed by atoms with van der Waals surface area (Å²) in [5.74, 6) is 1.36. The van der Waals surface area contributed by atoms with Crippen LogP contribution in [-0.2, 0) is 0 Å². The lowest BCUT2D eigenvalue weighted by atomic mass is 10.2. The summed E-state index contributed by atoms with van der Waals surface area (Å²) < 4.78 is 2.00. The van der Waals surface area contributed by atoms with Gasteiger partial charge in [0, 0.05) is 17.7 Å². The highest BCUT2D eigenvalue weighted by Crippen LogP contribution is 2.20. The number of carbonyl (C=O) groups excluding carboxylic acids is 1. The number of fused-ring (bicyclic) bond motifs is 1. The van der Waals surface area contributed by atoms with E-state index in [-0.39, 0.29) is 0 Å². The highest BCUT2D eigenvalue weighted by Gasteiger charge is 2.12. The van der Waals surface area contributed by atoms with Crippen LogP contribution in [0.2, 0.25) is 0 Å². The van der Waals surface area contributed by atoms with Crippen LogP contribution in [-0.4, -0.2) is 15.7 Å². The van der Waals surface area contributed by atoms with Crippen LogP contribution in [0, 0.1) is 6.92 Å². The van der Waals surface area contributed by atoms with Crippen molar-refractivity contribution in [3.8, 4) is 0 Å². The van der Waals surface area contributed by atoms with Crippen LogP contribution in [0.3, 0.4) is 0 Å². The van der Waals surface area contributed by atoms with E-state index in [2.05, 4.69) is 18.8 Å². The molecule has 2 heterocycles. The fourth-order valence-electron chi connectivity index (χ4n) is 1.88. The van der Waals surface area contributed by atoms with E-state index in [1.807, 2.05) is 29.7 Å². The maximum Gasteiger partial charge on any atom is 0.152 e. The molecule has 0 aromatic carbocycles. The number of hydrogen-bond acceptors (Lipinski definition) is 2. The Bertz CT molecular complexity index is 512. The largest absolute Gasteiger partial charge is 0.303 e. The van der Waals surface area contributed by atoms with Crippen molar-refractivity contribution < 1.29 is 4.79 Å². The third-order valence-electron chi connectivity index (χ3n) is 2.54. The lowest BCUT2D eigenvalue weighted by Gasteiger charge is -2.04. The molecule has 0 atom stereocenters. The van der Waals surface area contributed by atoms with Gasteiger partial charge in [0.1, 0.15) is 5.82 Å². The molecule has 2 aromatic heterocycles. The second-order valence-electron chi connectivity index (χ2n) is 4.01. The lowest BCUT2D eigenvalue weighted by molar-refractivity contribution is 0.112. The Hall–Kier alpha value is -1.64. The normalized spacial score (nSPS) is 11.2. The SMILES string of the molecule is Cc1nc(C(C)C)n2cccc(C=O)c12. The Labute approximate surface area is 88.8 Å². The third kappa shape index (κ3) is 1.44. The van der Waals surface area contributed by atoms with Gasteiger partial charge in [-0.05, 0) is 19.1 Å². The molecule has 0 aliphatic carbocycles. The van der Waals surface area contributed by atoms with Crippen molar-refractivity contribution in [1.29, 1.82) is 0 Å². The molecular weight excluding hydrogens is 188 g/mol. The zero-order chi connectivity index (χ0) is 11.0. The summed E-state index contributed by atoms with van der Waals surface area (Å²) in [6.07, 6.45) is 2.84. The summed E-state index contributed by atoms with van der Waals surface area (Å²) >= 11 is 0. The van der Waals surface area contributed by atoms with Gasteiger partial charge >= 0.3 is 0 Å². The van der Waals surface area contributed by atoms with Gasteiger partial charge in [-0.15, -0.1) is 0 Å². The highest BCUT2D eigenvalue weighted by molar-refractivity contribution is 5.87. The third-order valence-corrected chi connectivity index (χ3v) is 2.54. The van der Waals surface area contributed by atoms with Gasteiger partial charge in [0.25, 0.3) is 0 Å². The smallest absolute Gasteiger partial charge is 0.152 e. The number of aryl methyl sites for hydroxylation is 1. The van der Waals surface area contributed by atoms with Gasteiger partial charge in [-0.3, -0.25) is 4.79 Å². The van der Waals surface area contributed by atoms with Gasteiger partial charge in [-0.2, -0.15) is 0 Å². The van der Waals surface area contributed by atoms with E-state index in [0.29, 0.717) is 11.5 Å². The summed E-state index contributed by atoms with van der Waals surface area (Å²) in [6, 6.07) is 3.70. The van der Waals surface area contributed by atoms with Gasteiger partial charge in [-0.1, -0.05) is 13.8 Å². The van der Waals surface area contributed by atoms with E-state index in [1.165, 1.54) is 0 Å². The number of aldehydes is 1. The van der Waals surface area contributed by atoms with E-state index in [4.69, 9.17) is 0 Å². The minimum absolute atomic E-state index is 0.355. The van der Waals surface area contributed by atoms with Crippen LogP contribution < -0.4 is 0 Å². The molecule has 3 nitrogen and oxygen atoms in total. The van der Waals surface area contributed by atoms with E-state index in [9.17, 15) is 4.79 Å². The Morgan fingerprint density at radius 1 is 1.47 bits per heavy atom. The average Bonchev–Trinajstić information content (AvgIpc) is 2.56. The molecule has 78 valence electrons. The minimum atomic E-state index is 0.355.